The Morgan fingerprint density at radius 3 is 2.34 bits per heavy atom. The van der Waals surface area contributed by atoms with Gasteiger partial charge in [0.15, 0.2) is 0 Å². The minimum absolute atomic E-state index is 0.0307. The van der Waals surface area contributed by atoms with Gasteiger partial charge in [-0.1, -0.05) is 103 Å². The number of aromatic hydroxyl groups is 1. The molecule has 0 saturated carbocycles. The van der Waals surface area contributed by atoms with E-state index in [1.165, 1.54) is 12.1 Å². The third kappa shape index (κ3) is 13.6. The summed E-state index contributed by atoms with van der Waals surface area (Å²) in [4.78, 5) is 54.9. The fourth-order valence-electron chi connectivity index (χ4n) is 8.23. The number of aliphatic hydroxyl groups excluding tert-OH is 1. The molecule has 0 radical (unpaired) electrons. The van der Waals surface area contributed by atoms with E-state index in [9.17, 15) is 29.4 Å². The standard InChI is InChI=1S/C52H58N6O7/c1-35(54-34-47(60)43-18-20-46(59)51-44(43)19-21-49(62)57-51)30-39-9-7-8-36(31-39)22-26-53-50(63)32-37-14-16-38(17-15-37)33-55-48(61)25-29-58-27-23-41(24-28-58)65-52(64)56-45-13-6-5-12-42(45)40-10-3-2-4-11-40/h2-21,31,35,41,47,54,59-60H,22-30,32-34H2,1H3,(H,53,63)(H,55,61)(H,56,64)(H,57,62)/t35?,47-/m0/s1. The van der Waals surface area contributed by atoms with Crippen molar-refractivity contribution in [3.8, 4) is 16.9 Å². The molecule has 1 aromatic heterocycles. The van der Waals surface area contributed by atoms with E-state index >= 15 is 0 Å². The predicted octanol–water partition coefficient (Wildman–Crippen LogP) is 6.78. The summed E-state index contributed by atoms with van der Waals surface area (Å²) in [6.45, 7) is 5.38. The van der Waals surface area contributed by atoms with E-state index in [1.54, 1.807) is 12.1 Å². The van der Waals surface area contributed by atoms with E-state index in [0.717, 1.165) is 52.9 Å². The number of amides is 3. The van der Waals surface area contributed by atoms with E-state index < -0.39 is 12.2 Å². The van der Waals surface area contributed by atoms with Gasteiger partial charge in [0, 0.05) is 68.7 Å². The quantitative estimate of drug-likeness (QED) is 0.0461. The number of pyridine rings is 1. The lowest BCUT2D eigenvalue weighted by molar-refractivity contribution is -0.122. The molecule has 5 aromatic carbocycles. The third-order valence-corrected chi connectivity index (χ3v) is 11.8. The minimum Gasteiger partial charge on any atom is -0.506 e. The first-order valence-corrected chi connectivity index (χ1v) is 22.4. The number of carbonyl (C=O) groups is 3. The topological polar surface area (TPSA) is 185 Å². The molecule has 1 saturated heterocycles. The molecule has 1 aliphatic rings. The number of phenols is 1. The maximum atomic E-state index is 12.8. The Bertz CT molecular complexity index is 2590. The van der Waals surface area contributed by atoms with Gasteiger partial charge in [-0.15, -0.1) is 0 Å². The van der Waals surface area contributed by atoms with Crippen LogP contribution >= 0.6 is 0 Å². The summed E-state index contributed by atoms with van der Waals surface area (Å²) in [6.07, 6.45) is 1.98. The third-order valence-electron chi connectivity index (χ3n) is 11.8. The number of aromatic nitrogens is 1. The number of aliphatic hydroxyl groups is 1. The summed E-state index contributed by atoms with van der Waals surface area (Å²) >= 11 is 0. The molecule has 7 N–H and O–H groups in total. The summed E-state index contributed by atoms with van der Waals surface area (Å²) in [6, 6.07) is 39.7. The SMILES string of the molecule is CC(Cc1cccc(CCNC(=O)Cc2ccc(CNC(=O)CCN3CCC(OC(=O)Nc4ccccc4-c4ccccc4)CC3)cc2)c1)NC[C@H](O)c1ccc(O)c2[nH]c(=O)ccc12. The van der Waals surface area contributed by atoms with Gasteiger partial charge in [0.25, 0.3) is 0 Å². The van der Waals surface area contributed by atoms with Crippen LogP contribution in [0.1, 0.15) is 60.1 Å². The van der Waals surface area contributed by atoms with Crippen molar-refractivity contribution in [2.24, 2.45) is 0 Å². The summed E-state index contributed by atoms with van der Waals surface area (Å²) in [7, 11) is 0. The van der Waals surface area contributed by atoms with Crippen molar-refractivity contribution in [2.75, 3.05) is 38.0 Å². The number of nitrogens with zero attached hydrogens (tertiary/aromatic N) is 1. The lowest BCUT2D eigenvalue weighted by atomic mass is 10.0. The monoisotopic (exact) mass is 878 g/mol. The predicted molar refractivity (Wildman–Crippen MR) is 254 cm³/mol. The number of ether oxygens (including phenoxy) is 1. The van der Waals surface area contributed by atoms with Crippen LogP contribution in [0, 0.1) is 0 Å². The van der Waals surface area contributed by atoms with Gasteiger partial charge in [-0.3, -0.25) is 19.7 Å². The lowest BCUT2D eigenvalue weighted by Crippen LogP contribution is -2.40. The molecule has 6 aromatic rings. The minimum atomic E-state index is -0.841. The van der Waals surface area contributed by atoms with E-state index in [2.05, 4.69) is 50.2 Å². The molecule has 1 unspecified atom stereocenters. The van der Waals surface area contributed by atoms with Gasteiger partial charge in [0.1, 0.15) is 11.9 Å². The number of phenolic OH excluding ortho intramolecular Hbond substituents is 1. The van der Waals surface area contributed by atoms with Crippen LogP contribution in [0.4, 0.5) is 10.5 Å². The fraction of sp³-hybridized carbons (Fsp3) is 0.308. The maximum Gasteiger partial charge on any atom is 0.411 e. The van der Waals surface area contributed by atoms with Crippen LogP contribution in [0.2, 0.25) is 0 Å². The highest BCUT2D eigenvalue weighted by Gasteiger charge is 2.23. The Hall–Kier alpha value is -6.80. The first-order chi connectivity index (χ1) is 31.6. The molecule has 2 heterocycles. The van der Waals surface area contributed by atoms with Crippen LogP contribution in [-0.4, -0.2) is 82.9 Å². The lowest BCUT2D eigenvalue weighted by Gasteiger charge is -2.31. The van der Waals surface area contributed by atoms with Crippen LogP contribution in [0.5, 0.6) is 5.75 Å². The maximum absolute atomic E-state index is 12.8. The number of anilines is 1. The molecule has 65 heavy (non-hydrogen) atoms. The molecular formula is C52H58N6O7. The number of likely N-dealkylation sites (tertiary alicyclic amines) is 1. The van der Waals surface area contributed by atoms with Crippen LogP contribution < -0.4 is 26.8 Å². The number of hydrogen-bond donors (Lipinski definition) is 7. The molecular weight excluding hydrogens is 821 g/mol. The van der Waals surface area contributed by atoms with E-state index in [1.807, 2.05) is 91.0 Å². The van der Waals surface area contributed by atoms with Gasteiger partial charge in [0.05, 0.1) is 23.7 Å². The van der Waals surface area contributed by atoms with Crippen LogP contribution in [0.3, 0.4) is 0 Å². The number of benzene rings is 5. The average molecular weight is 879 g/mol. The molecule has 7 rings (SSSR count). The molecule has 0 aliphatic carbocycles. The number of para-hydroxylation sites is 1. The highest BCUT2D eigenvalue weighted by molar-refractivity contribution is 5.91. The van der Waals surface area contributed by atoms with Gasteiger partial charge < -0.3 is 40.8 Å². The Labute approximate surface area is 379 Å². The Morgan fingerprint density at radius 1 is 0.800 bits per heavy atom. The zero-order valence-corrected chi connectivity index (χ0v) is 36.7. The number of nitrogens with one attached hydrogen (secondary N) is 5. The van der Waals surface area contributed by atoms with E-state index in [0.29, 0.717) is 74.0 Å². The highest BCUT2D eigenvalue weighted by atomic mass is 16.6. The van der Waals surface area contributed by atoms with Crippen molar-refractivity contribution in [1.82, 2.24) is 25.8 Å². The van der Waals surface area contributed by atoms with Gasteiger partial charge >= 0.3 is 6.09 Å². The molecule has 338 valence electrons. The first kappa shape index (κ1) is 46.2. The molecule has 3 amide bonds. The number of aromatic amines is 1. The number of fused-ring (bicyclic) bond motifs is 1. The van der Waals surface area contributed by atoms with Crippen LogP contribution in [0.25, 0.3) is 22.0 Å². The average Bonchev–Trinajstić information content (AvgIpc) is 3.31. The van der Waals surface area contributed by atoms with Crippen LogP contribution in [0.15, 0.2) is 132 Å². The molecule has 13 heteroatoms. The Balaban J connectivity index is 0.747. The van der Waals surface area contributed by atoms with Crippen molar-refractivity contribution >= 4 is 34.5 Å². The second-order valence-corrected chi connectivity index (χ2v) is 16.7. The van der Waals surface area contributed by atoms with Gasteiger partial charge in [-0.2, -0.15) is 0 Å². The Kier molecular flexibility index (Phi) is 16.1. The molecule has 2 atom stereocenters. The van der Waals surface area contributed by atoms with Gasteiger partial charge in [-0.25, -0.2) is 4.79 Å². The normalized spacial score (nSPS) is 14.1. The number of piperidine rings is 1. The summed E-state index contributed by atoms with van der Waals surface area (Å²) in [5.41, 5.74) is 7.35. The zero-order valence-electron chi connectivity index (χ0n) is 36.7. The first-order valence-electron chi connectivity index (χ1n) is 22.4. The second kappa shape index (κ2) is 22.7. The zero-order chi connectivity index (χ0) is 45.5. The Morgan fingerprint density at radius 2 is 1.54 bits per heavy atom. The van der Waals surface area contributed by atoms with E-state index in [4.69, 9.17) is 4.74 Å². The fourth-order valence-corrected chi connectivity index (χ4v) is 8.23. The largest absolute Gasteiger partial charge is 0.506 e. The number of H-pyrrole nitrogens is 1. The number of carbonyl (C=O) groups excluding carboxylic acids is 3. The summed E-state index contributed by atoms with van der Waals surface area (Å²) < 4.78 is 5.76. The molecule has 0 bridgehead atoms. The van der Waals surface area contributed by atoms with Crippen molar-refractivity contribution in [3.05, 3.63) is 166 Å². The van der Waals surface area contributed by atoms with Gasteiger partial charge in [0.2, 0.25) is 17.4 Å². The van der Waals surface area contributed by atoms with Crippen molar-refractivity contribution in [3.63, 3.8) is 0 Å². The molecule has 13 nitrogen and oxygen atoms in total. The highest BCUT2D eigenvalue weighted by Crippen LogP contribution is 2.30. The van der Waals surface area contributed by atoms with E-state index in [-0.39, 0.29) is 41.7 Å². The van der Waals surface area contributed by atoms with Crippen molar-refractivity contribution in [1.29, 1.82) is 0 Å². The van der Waals surface area contributed by atoms with Gasteiger partial charge in [-0.05, 0) is 84.2 Å². The summed E-state index contributed by atoms with van der Waals surface area (Å²) in [5, 5.41) is 34.1. The smallest absolute Gasteiger partial charge is 0.411 e. The van der Waals surface area contributed by atoms with Crippen molar-refractivity contribution in [2.45, 2.75) is 70.2 Å². The molecule has 1 fully saturated rings. The second-order valence-electron chi connectivity index (χ2n) is 16.7. The van der Waals surface area contributed by atoms with Crippen molar-refractivity contribution < 1.29 is 29.3 Å². The molecule has 0 spiro atoms. The number of rotatable bonds is 19. The van der Waals surface area contributed by atoms with Crippen LogP contribution in [-0.2, 0) is 40.1 Å². The molecule has 1 aliphatic heterocycles. The number of hydrogen-bond acceptors (Lipinski definition) is 9. The summed E-state index contributed by atoms with van der Waals surface area (Å²) in [5.74, 6) is -0.136.